The number of piperidine rings is 1. The third-order valence-corrected chi connectivity index (χ3v) is 5.59. The summed E-state index contributed by atoms with van der Waals surface area (Å²) in [6, 6.07) is 5.77. The Bertz CT molecular complexity index is 782. The number of carbonyl (C=O) groups excluding carboxylic acids is 1. The number of nitrogens with zero attached hydrogens (tertiary/aromatic N) is 2. The molecule has 1 saturated heterocycles. The van der Waals surface area contributed by atoms with Crippen LogP contribution >= 0.6 is 0 Å². The molecule has 1 amide bonds. The number of carbonyl (C=O) groups is 1. The average Bonchev–Trinajstić information content (AvgIpc) is 2.97. The van der Waals surface area contributed by atoms with Gasteiger partial charge < -0.3 is 30.3 Å². The molecule has 3 rings (SSSR count). The first-order chi connectivity index (χ1) is 15.3. The molecular weight excluding hydrogens is 406 g/mol. The van der Waals surface area contributed by atoms with Crippen molar-refractivity contribution in [3.05, 3.63) is 18.2 Å². The average molecular weight is 446 g/mol. The Balaban J connectivity index is 1.62. The van der Waals surface area contributed by atoms with E-state index in [1.54, 1.807) is 0 Å². The SMILES string of the molecule is CN1CCC(CCNC(=NCC(=O)NC(C)(C)C)Nc2ccc3c(c2)OCCCO3)CC1. The predicted molar refractivity (Wildman–Crippen MR) is 129 cm³/mol. The number of fused-ring (bicyclic) bond motifs is 1. The van der Waals surface area contributed by atoms with Gasteiger partial charge in [-0.2, -0.15) is 0 Å². The van der Waals surface area contributed by atoms with Gasteiger partial charge in [0, 0.05) is 30.3 Å². The fourth-order valence-corrected chi connectivity index (χ4v) is 3.87. The summed E-state index contributed by atoms with van der Waals surface area (Å²) in [5.74, 6) is 2.70. The molecule has 8 heteroatoms. The van der Waals surface area contributed by atoms with E-state index in [9.17, 15) is 4.79 Å². The summed E-state index contributed by atoms with van der Waals surface area (Å²) < 4.78 is 11.5. The summed E-state index contributed by atoms with van der Waals surface area (Å²) in [6.07, 6.45) is 4.41. The van der Waals surface area contributed by atoms with Crippen LogP contribution in [0.15, 0.2) is 23.2 Å². The lowest BCUT2D eigenvalue weighted by Gasteiger charge is -2.29. The van der Waals surface area contributed by atoms with Gasteiger partial charge in [0.2, 0.25) is 5.91 Å². The quantitative estimate of drug-likeness (QED) is 0.461. The maximum Gasteiger partial charge on any atom is 0.242 e. The van der Waals surface area contributed by atoms with Crippen LogP contribution in [-0.2, 0) is 4.79 Å². The number of benzene rings is 1. The highest BCUT2D eigenvalue weighted by atomic mass is 16.5. The molecule has 2 heterocycles. The van der Waals surface area contributed by atoms with Crippen LogP contribution in [0.2, 0.25) is 0 Å². The van der Waals surface area contributed by atoms with Crippen LogP contribution in [-0.4, -0.2) is 68.7 Å². The van der Waals surface area contributed by atoms with Crippen molar-refractivity contribution in [2.75, 3.05) is 51.8 Å². The maximum absolute atomic E-state index is 12.3. The number of aliphatic imine (C=N–C) groups is 1. The smallest absolute Gasteiger partial charge is 0.242 e. The van der Waals surface area contributed by atoms with Crippen LogP contribution in [0.3, 0.4) is 0 Å². The molecule has 2 aliphatic rings. The fraction of sp³-hybridized carbons (Fsp3) is 0.667. The molecule has 1 fully saturated rings. The molecule has 0 aromatic heterocycles. The number of anilines is 1. The first-order valence-electron chi connectivity index (χ1n) is 11.7. The molecule has 0 aliphatic carbocycles. The Morgan fingerprint density at radius 1 is 1.16 bits per heavy atom. The van der Waals surface area contributed by atoms with Crippen LogP contribution in [0.4, 0.5) is 5.69 Å². The van der Waals surface area contributed by atoms with Crippen molar-refractivity contribution in [1.29, 1.82) is 0 Å². The number of rotatable bonds is 6. The molecule has 178 valence electrons. The third-order valence-electron chi connectivity index (χ3n) is 5.59. The number of nitrogens with one attached hydrogen (secondary N) is 3. The van der Waals surface area contributed by atoms with Crippen molar-refractivity contribution in [2.24, 2.45) is 10.9 Å². The van der Waals surface area contributed by atoms with Crippen molar-refractivity contribution in [3.63, 3.8) is 0 Å². The topological polar surface area (TPSA) is 87.2 Å². The first-order valence-corrected chi connectivity index (χ1v) is 11.7. The number of ether oxygens (including phenoxy) is 2. The van der Waals surface area contributed by atoms with Gasteiger partial charge in [0.15, 0.2) is 17.5 Å². The zero-order chi connectivity index (χ0) is 23.0. The molecule has 0 unspecified atom stereocenters. The van der Waals surface area contributed by atoms with Crippen LogP contribution in [0, 0.1) is 5.92 Å². The van der Waals surface area contributed by atoms with Gasteiger partial charge in [-0.3, -0.25) is 4.79 Å². The van der Waals surface area contributed by atoms with E-state index in [-0.39, 0.29) is 18.0 Å². The largest absolute Gasteiger partial charge is 0.490 e. The van der Waals surface area contributed by atoms with Gasteiger partial charge in [0.05, 0.1) is 13.2 Å². The zero-order valence-electron chi connectivity index (χ0n) is 20.0. The second-order valence-corrected chi connectivity index (χ2v) is 9.76. The summed E-state index contributed by atoms with van der Waals surface area (Å²) in [7, 11) is 2.18. The zero-order valence-corrected chi connectivity index (χ0v) is 20.0. The summed E-state index contributed by atoms with van der Waals surface area (Å²) in [6.45, 7) is 10.4. The number of hydrogen-bond donors (Lipinski definition) is 3. The Morgan fingerprint density at radius 3 is 2.59 bits per heavy atom. The van der Waals surface area contributed by atoms with Crippen LogP contribution in [0.25, 0.3) is 0 Å². The molecule has 0 radical (unpaired) electrons. The molecule has 0 spiro atoms. The van der Waals surface area contributed by atoms with E-state index in [0.29, 0.717) is 19.2 Å². The molecule has 2 aliphatic heterocycles. The standard InChI is InChI=1S/C24H39N5O3/c1-24(2,3)28-22(30)17-26-23(25-11-8-18-9-12-29(4)13-10-18)27-19-6-7-20-21(16-19)32-15-5-14-31-20/h6-7,16,18H,5,8-15,17H2,1-4H3,(H,28,30)(H2,25,26,27). The maximum atomic E-state index is 12.3. The van der Waals surface area contributed by atoms with E-state index in [2.05, 4.69) is 32.9 Å². The first kappa shape index (κ1) is 24.2. The van der Waals surface area contributed by atoms with Crippen LogP contribution in [0.5, 0.6) is 11.5 Å². The summed E-state index contributed by atoms with van der Waals surface area (Å²) in [5.41, 5.74) is 0.562. The van der Waals surface area contributed by atoms with Crippen LogP contribution in [0.1, 0.15) is 46.5 Å². The monoisotopic (exact) mass is 445 g/mol. The summed E-state index contributed by atoms with van der Waals surface area (Å²) in [4.78, 5) is 19.2. The number of guanidine groups is 1. The summed E-state index contributed by atoms with van der Waals surface area (Å²) >= 11 is 0. The predicted octanol–water partition coefficient (Wildman–Crippen LogP) is 2.85. The highest BCUT2D eigenvalue weighted by Gasteiger charge is 2.17. The molecule has 8 nitrogen and oxygen atoms in total. The molecule has 0 saturated carbocycles. The van der Waals surface area contributed by atoms with E-state index in [1.165, 1.54) is 12.8 Å². The number of amides is 1. The Kier molecular flexibility index (Phi) is 8.61. The van der Waals surface area contributed by atoms with Crippen molar-refractivity contribution in [3.8, 4) is 11.5 Å². The number of hydrogen-bond acceptors (Lipinski definition) is 5. The highest BCUT2D eigenvalue weighted by Crippen LogP contribution is 2.32. The van der Waals surface area contributed by atoms with E-state index >= 15 is 0 Å². The lowest BCUT2D eigenvalue weighted by atomic mass is 9.94. The lowest BCUT2D eigenvalue weighted by molar-refractivity contribution is -0.121. The van der Waals surface area contributed by atoms with E-state index in [1.807, 2.05) is 39.0 Å². The Labute approximate surface area is 192 Å². The Morgan fingerprint density at radius 2 is 1.88 bits per heavy atom. The molecule has 0 bridgehead atoms. The number of likely N-dealkylation sites (tertiary alicyclic amines) is 1. The second-order valence-electron chi connectivity index (χ2n) is 9.76. The normalized spacial score (nSPS) is 18.1. The van der Waals surface area contributed by atoms with E-state index < -0.39 is 0 Å². The van der Waals surface area contributed by atoms with Gasteiger partial charge in [0.25, 0.3) is 0 Å². The Hall–Kier alpha value is -2.48. The molecular formula is C24H39N5O3. The minimum Gasteiger partial charge on any atom is -0.490 e. The molecule has 1 aromatic rings. The van der Waals surface area contributed by atoms with E-state index in [4.69, 9.17) is 9.47 Å². The molecule has 0 atom stereocenters. The van der Waals surface area contributed by atoms with Gasteiger partial charge in [-0.05, 0) is 78.2 Å². The van der Waals surface area contributed by atoms with Gasteiger partial charge >= 0.3 is 0 Å². The minimum absolute atomic E-state index is 0.0609. The molecule has 3 N–H and O–H groups in total. The van der Waals surface area contributed by atoms with E-state index in [0.717, 1.165) is 55.6 Å². The third kappa shape index (κ3) is 8.22. The van der Waals surface area contributed by atoms with Crippen molar-refractivity contribution in [2.45, 2.75) is 52.0 Å². The molecule has 32 heavy (non-hydrogen) atoms. The molecule has 1 aromatic carbocycles. The van der Waals surface area contributed by atoms with Crippen molar-refractivity contribution in [1.82, 2.24) is 15.5 Å². The van der Waals surface area contributed by atoms with Gasteiger partial charge in [0.1, 0.15) is 6.54 Å². The lowest BCUT2D eigenvalue weighted by Crippen LogP contribution is -2.42. The fourth-order valence-electron chi connectivity index (χ4n) is 3.87. The minimum atomic E-state index is -0.282. The summed E-state index contributed by atoms with van der Waals surface area (Å²) in [5, 5.41) is 9.69. The van der Waals surface area contributed by atoms with Crippen LogP contribution < -0.4 is 25.4 Å². The van der Waals surface area contributed by atoms with Gasteiger partial charge in [-0.15, -0.1) is 0 Å². The van der Waals surface area contributed by atoms with Gasteiger partial charge in [-0.25, -0.2) is 4.99 Å². The highest BCUT2D eigenvalue weighted by molar-refractivity contribution is 5.95. The van der Waals surface area contributed by atoms with Crippen molar-refractivity contribution < 1.29 is 14.3 Å². The second kappa shape index (κ2) is 11.4. The van der Waals surface area contributed by atoms with Crippen molar-refractivity contribution >= 4 is 17.6 Å². The van der Waals surface area contributed by atoms with Gasteiger partial charge in [-0.1, -0.05) is 0 Å².